The number of carbonyl (C=O) groups excluding carboxylic acids is 2. The predicted octanol–water partition coefficient (Wildman–Crippen LogP) is 3.15. The Morgan fingerprint density at radius 2 is 1.42 bits per heavy atom. The zero-order valence-electron chi connectivity index (χ0n) is 20.8. The standard InChI is InChI=1S/C28H33N5O3/c1-30-24-19-21(7-10-23(24)32(27(30)36)33-25(34)3-2-4-26(33)35)20-5-8-22(9-6-20)31-17-13-28(14-18-31)11-15-29-16-12-28/h5-10,19,29H,2-4,11-18H2,1H3. The third kappa shape index (κ3) is 3.84. The molecule has 8 heteroatoms. The maximum absolute atomic E-state index is 13.0. The van der Waals surface area contributed by atoms with E-state index in [1.54, 1.807) is 7.05 Å². The van der Waals surface area contributed by atoms with Crippen LogP contribution < -0.4 is 20.9 Å². The Bertz CT molecular complexity index is 1350. The molecule has 6 rings (SSSR count). The second-order valence-electron chi connectivity index (χ2n) is 10.6. The quantitative estimate of drug-likeness (QED) is 0.574. The second kappa shape index (κ2) is 8.92. The van der Waals surface area contributed by atoms with Crippen LogP contribution in [0.5, 0.6) is 0 Å². The van der Waals surface area contributed by atoms with Crippen LogP contribution in [0, 0.1) is 5.41 Å². The van der Waals surface area contributed by atoms with Crippen molar-refractivity contribution in [3.63, 3.8) is 0 Å². The van der Waals surface area contributed by atoms with Gasteiger partial charge < -0.3 is 10.2 Å². The number of benzene rings is 2. The van der Waals surface area contributed by atoms with Crippen molar-refractivity contribution >= 4 is 28.5 Å². The van der Waals surface area contributed by atoms with E-state index in [2.05, 4.69) is 34.5 Å². The van der Waals surface area contributed by atoms with Crippen LogP contribution in [0.3, 0.4) is 0 Å². The molecule has 4 heterocycles. The van der Waals surface area contributed by atoms with E-state index in [9.17, 15) is 14.4 Å². The number of imidazole rings is 1. The molecule has 3 saturated heterocycles. The molecule has 1 N–H and O–H groups in total. The van der Waals surface area contributed by atoms with Crippen molar-refractivity contribution in [3.8, 4) is 11.1 Å². The van der Waals surface area contributed by atoms with Gasteiger partial charge in [0.1, 0.15) is 0 Å². The Kier molecular flexibility index (Phi) is 5.71. The molecule has 0 bridgehead atoms. The highest BCUT2D eigenvalue weighted by atomic mass is 16.2. The first kappa shape index (κ1) is 23.0. The molecular formula is C28H33N5O3. The lowest BCUT2D eigenvalue weighted by atomic mass is 9.71. The molecule has 1 spiro atoms. The summed E-state index contributed by atoms with van der Waals surface area (Å²) in [6.07, 6.45) is 6.20. The number of rotatable bonds is 3. The molecular weight excluding hydrogens is 454 g/mol. The highest BCUT2D eigenvalue weighted by Crippen LogP contribution is 2.40. The van der Waals surface area contributed by atoms with Gasteiger partial charge in [-0.05, 0) is 86.0 Å². The lowest BCUT2D eigenvalue weighted by molar-refractivity contribution is -0.131. The van der Waals surface area contributed by atoms with Crippen LogP contribution in [-0.2, 0) is 16.6 Å². The van der Waals surface area contributed by atoms with E-state index in [0.717, 1.165) is 42.3 Å². The summed E-state index contributed by atoms with van der Waals surface area (Å²) < 4.78 is 2.74. The molecule has 2 aromatic carbocycles. The van der Waals surface area contributed by atoms with Crippen molar-refractivity contribution < 1.29 is 9.59 Å². The van der Waals surface area contributed by atoms with Crippen LogP contribution in [0.4, 0.5) is 5.69 Å². The van der Waals surface area contributed by atoms with Gasteiger partial charge in [-0.1, -0.05) is 18.2 Å². The summed E-state index contributed by atoms with van der Waals surface area (Å²) >= 11 is 0. The Balaban J connectivity index is 1.25. The normalized spacial score (nSPS) is 20.5. The van der Waals surface area contributed by atoms with Crippen LogP contribution >= 0.6 is 0 Å². The van der Waals surface area contributed by atoms with Gasteiger partial charge >= 0.3 is 5.69 Å². The summed E-state index contributed by atoms with van der Waals surface area (Å²) in [5, 5.41) is 4.52. The minimum absolute atomic E-state index is 0.272. The molecule has 0 saturated carbocycles. The van der Waals surface area contributed by atoms with Gasteiger partial charge in [0, 0.05) is 38.7 Å². The lowest BCUT2D eigenvalue weighted by Crippen LogP contribution is -2.52. The number of aromatic nitrogens is 2. The monoisotopic (exact) mass is 487 g/mol. The van der Waals surface area contributed by atoms with E-state index in [1.165, 1.54) is 40.6 Å². The van der Waals surface area contributed by atoms with Crippen molar-refractivity contribution in [1.82, 2.24) is 14.6 Å². The number of hydrogen-bond acceptors (Lipinski definition) is 5. The number of hydrogen-bond donors (Lipinski definition) is 1. The van der Waals surface area contributed by atoms with E-state index in [1.807, 2.05) is 18.2 Å². The molecule has 36 heavy (non-hydrogen) atoms. The van der Waals surface area contributed by atoms with Crippen molar-refractivity contribution in [3.05, 3.63) is 52.9 Å². The fourth-order valence-corrected chi connectivity index (χ4v) is 6.22. The highest BCUT2D eigenvalue weighted by molar-refractivity contribution is 6.11. The highest BCUT2D eigenvalue weighted by Gasteiger charge is 2.35. The molecule has 1 aromatic heterocycles. The first-order valence-corrected chi connectivity index (χ1v) is 13.1. The zero-order chi connectivity index (χ0) is 24.9. The van der Waals surface area contributed by atoms with E-state index in [0.29, 0.717) is 22.9 Å². The maximum Gasteiger partial charge on any atom is 0.348 e. The second-order valence-corrected chi connectivity index (χ2v) is 10.6. The van der Waals surface area contributed by atoms with Crippen LogP contribution in [0.2, 0.25) is 0 Å². The van der Waals surface area contributed by atoms with Crippen molar-refractivity contribution in [1.29, 1.82) is 0 Å². The molecule has 3 aromatic rings. The summed E-state index contributed by atoms with van der Waals surface area (Å²) in [7, 11) is 1.68. The fourth-order valence-electron chi connectivity index (χ4n) is 6.22. The van der Waals surface area contributed by atoms with Gasteiger partial charge in [0.25, 0.3) is 0 Å². The SMILES string of the molecule is Cn1c(=O)n(N2C(=O)CCCC2=O)c2ccc(-c3ccc(N4CCC5(CCNCC5)CC4)cc3)cc21. The van der Waals surface area contributed by atoms with Gasteiger partial charge in [-0.25, -0.2) is 4.79 Å². The molecule has 3 aliphatic heterocycles. The van der Waals surface area contributed by atoms with Gasteiger partial charge in [0.15, 0.2) is 0 Å². The van der Waals surface area contributed by atoms with E-state index >= 15 is 0 Å². The average molecular weight is 488 g/mol. The van der Waals surface area contributed by atoms with Crippen molar-refractivity contribution in [2.75, 3.05) is 36.1 Å². The van der Waals surface area contributed by atoms with E-state index in [-0.39, 0.29) is 24.7 Å². The number of piperidine rings is 3. The summed E-state index contributed by atoms with van der Waals surface area (Å²) in [5.41, 5.74) is 4.71. The molecule has 3 aliphatic rings. The van der Waals surface area contributed by atoms with Crippen LogP contribution in [0.25, 0.3) is 22.2 Å². The molecule has 3 fully saturated rings. The Morgan fingerprint density at radius 1 is 0.778 bits per heavy atom. The van der Waals surface area contributed by atoms with Crippen LogP contribution in [0.15, 0.2) is 47.3 Å². The molecule has 2 amide bonds. The lowest BCUT2D eigenvalue weighted by Gasteiger charge is -2.45. The van der Waals surface area contributed by atoms with Crippen molar-refractivity contribution in [2.24, 2.45) is 12.5 Å². The molecule has 0 unspecified atom stereocenters. The number of imide groups is 1. The number of anilines is 1. The van der Waals surface area contributed by atoms with Crippen molar-refractivity contribution in [2.45, 2.75) is 44.9 Å². The molecule has 8 nitrogen and oxygen atoms in total. The first-order valence-electron chi connectivity index (χ1n) is 13.1. The first-order chi connectivity index (χ1) is 17.5. The molecule has 0 aliphatic carbocycles. The van der Waals surface area contributed by atoms with E-state index < -0.39 is 5.69 Å². The smallest absolute Gasteiger partial charge is 0.348 e. The summed E-state index contributed by atoms with van der Waals surface area (Å²) in [6, 6.07) is 14.4. The fraction of sp³-hybridized carbons (Fsp3) is 0.464. The third-order valence-corrected chi connectivity index (χ3v) is 8.54. The number of amides is 2. The number of carbonyl (C=O) groups is 2. The number of nitrogens with zero attached hydrogens (tertiary/aromatic N) is 4. The number of aryl methyl sites for hydroxylation is 1. The molecule has 0 atom stereocenters. The summed E-state index contributed by atoms with van der Waals surface area (Å²) in [5.74, 6) is -0.659. The van der Waals surface area contributed by atoms with Gasteiger partial charge in [0.05, 0.1) is 11.0 Å². The largest absolute Gasteiger partial charge is 0.371 e. The summed E-state index contributed by atoms with van der Waals surface area (Å²) in [6.45, 7) is 4.51. The molecule has 0 radical (unpaired) electrons. The zero-order valence-corrected chi connectivity index (χ0v) is 20.8. The Hall–Kier alpha value is -3.39. The molecule has 188 valence electrons. The summed E-state index contributed by atoms with van der Waals surface area (Å²) in [4.78, 5) is 40.5. The average Bonchev–Trinajstić information content (AvgIpc) is 3.14. The Labute approximate surface area is 210 Å². The van der Waals surface area contributed by atoms with Crippen LogP contribution in [-0.4, -0.2) is 47.2 Å². The predicted molar refractivity (Wildman–Crippen MR) is 141 cm³/mol. The van der Waals surface area contributed by atoms with Gasteiger partial charge in [-0.2, -0.15) is 9.69 Å². The topological polar surface area (TPSA) is 79.6 Å². The minimum Gasteiger partial charge on any atom is -0.371 e. The van der Waals surface area contributed by atoms with Crippen LogP contribution in [0.1, 0.15) is 44.9 Å². The Morgan fingerprint density at radius 3 is 2.08 bits per heavy atom. The van der Waals surface area contributed by atoms with Gasteiger partial charge in [0.2, 0.25) is 11.8 Å². The maximum atomic E-state index is 13.0. The minimum atomic E-state index is -0.391. The number of fused-ring (bicyclic) bond motifs is 1. The third-order valence-electron chi connectivity index (χ3n) is 8.54. The number of nitrogens with one attached hydrogen (secondary N) is 1. The van der Waals surface area contributed by atoms with Gasteiger partial charge in [-0.15, -0.1) is 0 Å². The van der Waals surface area contributed by atoms with Gasteiger partial charge in [-0.3, -0.25) is 14.2 Å². The van der Waals surface area contributed by atoms with E-state index in [4.69, 9.17) is 0 Å².